The van der Waals surface area contributed by atoms with E-state index in [4.69, 9.17) is 9.26 Å². The molecule has 0 aliphatic carbocycles. The van der Waals surface area contributed by atoms with Crippen molar-refractivity contribution in [2.45, 2.75) is 26.4 Å². The van der Waals surface area contributed by atoms with E-state index in [1.54, 1.807) is 13.0 Å². The molecule has 0 radical (unpaired) electrons. The Hall–Kier alpha value is -1.40. The quantitative estimate of drug-likeness (QED) is 0.868. The summed E-state index contributed by atoms with van der Waals surface area (Å²) in [5, 5.41) is 6.43. The normalized spacial score (nSPS) is 20.9. The summed E-state index contributed by atoms with van der Waals surface area (Å²) in [6.45, 7) is 7.10. The number of nitrogens with one attached hydrogen (secondary N) is 1. The molecule has 2 heterocycles. The highest BCUT2D eigenvalue weighted by atomic mass is 16.5. The number of hydrogen-bond acceptors (Lipinski definition) is 5. The predicted molar refractivity (Wildman–Crippen MR) is 66.3 cm³/mol. The lowest BCUT2D eigenvalue weighted by Crippen LogP contribution is -2.42. The molecular weight excluding hydrogens is 234 g/mol. The topological polar surface area (TPSA) is 67.6 Å². The molecule has 100 valence electrons. The van der Waals surface area contributed by atoms with E-state index in [1.165, 1.54) is 0 Å². The fraction of sp³-hybridized carbons (Fsp3) is 0.667. The number of nitrogens with zero attached hydrogens (tertiary/aromatic N) is 2. The molecule has 1 aromatic heterocycles. The van der Waals surface area contributed by atoms with Crippen molar-refractivity contribution in [3.05, 3.63) is 11.8 Å². The number of carbonyl (C=O) groups is 1. The van der Waals surface area contributed by atoms with Crippen molar-refractivity contribution in [2.24, 2.45) is 0 Å². The molecule has 0 unspecified atom stereocenters. The Balaban J connectivity index is 1.71. The Kier molecular flexibility index (Phi) is 4.33. The lowest BCUT2D eigenvalue weighted by molar-refractivity contribution is -0.117. The molecule has 1 amide bonds. The van der Waals surface area contributed by atoms with Gasteiger partial charge in [-0.2, -0.15) is 0 Å². The van der Waals surface area contributed by atoms with Crippen molar-refractivity contribution in [3.8, 4) is 0 Å². The second-order valence-corrected chi connectivity index (χ2v) is 4.60. The van der Waals surface area contributed by atoms with E-state index in [2.05, 4.69) is 15.4 Å². The van der Waals surface area contributed by atoms with Crippen molar-refractivity contribution in [3.63, 3.8) is 0 Å². The summed E-state index contributed by atoms with van der Waals surface area (Å²) in [6.07, 6.45) is 0.707. The van der Waals surface area contributed by atoms with Crippen LogP contribution >= 0.6 is 0 Å². The standard InChI is InChI=1S/C12H19N3O3/c1-9-7-11(14-18-9)13-12(16)3-4-15-5-6-17-10(2)8-15/h7,10H,3-6,8H2,1-2H3,(H,13,14,16)/t10-/m1/s1. The van der Waals surface area contributed by atoms with Gasteiger partial charge < -0.3 is 14.6 Å². The van der Waals surface area contributed by atoms with Crippen LogP contribution in [0.25, 0.3) is 0 Å². The van der Waals surface area contributed by atoms with Crippen LogP contribution in [0.15, 0.2) is 10.6 Å². The third-order valence-electron chi connectivity index (χ3n) is 2.88. The van der Waals surface area contributed by atoms with Crippen molar-refractivity contribution >= 4 is 11.7 Å². The van der Waals surface area contributed by atoms with Crippen LogP contribution in [0.3, 0.4) is 0 Å². The van der Waals surface area contributed by atoms with Gasteiger partial charge in [0.05, 0.1) is 12.7 Å². The smallest absolute Gasteiger partial charge is 0.226 e. The largest absolute Gasteiger partial charge is 0.376 e. The number of hydrogen-bond donors (Lipinski definition) is 1. The fourth-order valence-corrected chi connectivity index (χ4v) is 1.98. The van der Waals surface area contributed by atoms with Crippen LogP contribution in [-0.4, -0.2) is 48.3 Å². The van der Waals surface area contributed by atoms with Gasteiger partial charge in [-0.15, -0.1) is 0 Å². The van der Waals surface area contributed by atoms with Crippen LogP contribution in [0, 0.1) is 6.92 Å². The molecule has 1 saturated heterocycles. The minimum absolute atomic E-state index is 0.0394. The highest BCUT2D eigenvalue weighted by molar-refractivity contribution is 5.89. The van der Waals surface area contributed by atoms with Gasteiger partial charge in [-0.25, -0.2) is 0 Å². The third-order valence-corrected chi connectivity index (χ3v) is 2.88. The van der Waals surface area contributed by atoms with Gasteiger partial charge in [0, 0.05) is 32.1 Å². The van der Waals surface area contributed by atoms with Gasteiger partial charge in [0.2, 0.25) is 5.91 Å². The Morgan fingerprint density at radius 2 is 2.50 bits per heavy atom. The number of ether oxygens (including phenoxy) is 1. The van der Waals surface area contributed by atoms with E-state index in [0.29, 0.717) is 18.0 Å². The molecule has 0 spiro atoms. The van der Waals surface area contributed by atoms with Gasteiger partial charge in [-0.3, -0.25) is 9.69 Å². The van der Waals surface area contributed by atoms with Crippen molar-refractivity contribution in [1.29, 1.82) is 0 Å². The highest BCUT2D eigenvalue weighted by Gasteiger charge is 2.17. The number of aryl methyl sites for hydroxylation is 1. The maximum Gasteiger partial charge on any atom is 0.226 e. The van der Waals surface area contributed by atoms with Gasteiger partial charge in [0.25, 0.3) is 0 Å². The van der Waals surface area contributed by atoms with Crippen molar-refractivity contribution in [2.75, 3.05) is 31.6 Å². The second kappa shape index (κ2) is 5.97. The zero-order valence-corrected chi connectivity index (χ0v) is 10.8. The number of morpholine rings is 1. The Bertz CT molecular complexity index is 405. The van der Waals surface area contributed by atoms with E-state index in [9.17, 15) is 4.79 Å². The molecule has 1 N–H and O–H groups in total. The maximum atomic E-state index is 11.7. The second-order valence-electron chi connectivity index (χ2n) is 4.60. The number of aromatic nitrogens is 1. The SMILES string of the molecule is Cc1cc(NC(=O)CCN2CCO[C@H](C)C2)no1. The van der Waals surface area contributed by atoms with Crippen LogP contribution in [0.2, 0.25) is 0 Å². The summed E-state index contributed by atoms with van der Waals surface area (Å²) in [6, 6.07) is 1.70. The summed E-state index contributed by atoms with van der Waals surface area (Å²) in [5.41, 5.74) is 0. The van der Waals surface area contributed by atoms with Crippen molar-refractivity contribution < 1.29 is 14.1 Å². The minimum atomic E-state index is -0.0394. The van der Waals surface area contributed by atoms with Crippen LogP contribution in [0.1, 0.15) is 19.1 Å². The number of anilines is 1. The zero-order chi connectivity index (χ0) is 13.0. The molecule has 2 rings (SSSR count). The summed E-state index contributed by atoms with van der Waals surface area (Å²) < 4.78 is 10.3. The molecule has 1 aliphatic rings. The molecule has 0 saturated carbocycles. The van der Waals surface area contributed by atoms with Gasteiger partial charge >= 0.3 is 0 Å². The molecule has 1 aromatic rings. The van der Waals surface area contributed by atoms with Crippen LogP contribution in [0.5, 0.6) is 0 Å². The fourth-order valence-electron chi connectivity index (χ4n) is 1.98. The first-order chi connectivity index (χ1) is 8.63. The number of rotatable bonds is 4. The maximum absolute atomic E-state index is 11.7. The van der Waals surface area contributed by atoms with Gasteiger partial charge in [0.15, 0.2) is 5.82 Å². The lowest BCUT2D eigenvalue weighted by Gasteiger charge is -2.30. The monoisotopic (exact) mass is 253 g/mol. The summed E-state index contributed by atoms with van der Waals surface area (Å²) in [5.74, 6) is 1.13. The van der Waals surface area contributed by atoms with Gasteiger partial charge in [0.1, 0.15) is 5.76 Å². The van der Waals surface area contributed by atoms with E-state index in [0.717, 1.165) is 26.2 Å². The van der Waals surface area contributed by atoms with E-state index in [1.807, 2.05) is 6.92 Å². The summed E-state index contributed by atoms with van der Waals surface area (Å²) in [4.78, 5) is 13.9. The summed E-state index contributed by atoms with van der Waals surface area (Å²) >= 11 is 0. The Morgan fingerprint density at radius 1 is 1.67 bits per heavy atom. The Morgan fingerprint density at radius 3 is 3.17 bits per heavy atom. The molecule has 1 fully saturated rings. The minimum Gasteiger partial charge on any atom is -0.376 e. The van der Waals surface area contributed by atoms with E-state index in [-0.39, 0.29) is 12.0 Å². The molecule has 0 bridgehead atoms. The van der Waals surface area contributed by atoms with Crippen LogP contribution in [0.4, 0.5) is 5.82 Å². The molecule has 6 heteroatoms. The molecule has 1 aliphatic heterocycles. The average molecular weight is 253 g/mol. The third kappa shape index (κ3) is 3.82. The first kappa shape index (κ1) is 13.0. The first-order valence-corrected chi connectivity index (χ1v) is 6.20. The zero-order valence-electron chi connectivity index (χ0n) is 10.8. The molecule has 18 heavy (non-hydrogen) atoms. The molecule has 0 aromatic carbocycles. The molecule has 6 nitrogen and oxygen atoms in total. The van der Waals surface area contributed by atoms with Crippen LogP contribution < -0.4 is 5.32 Å². The molecule has 1 atom stereocenters. The average Bonchev–Trinajstić information content (AvgIpc) is 2.72. The van der Waals surface area contributed by atoms with Gasteiger partial charge in [-0.1, -0.05) is 5.16 Å². The Labute approximate surface area is 106 Å². The number of amides is 1. The van der Waals surface area contributed by atoms with Gasteiger partial charge in [-0.05, 0) is 13.8 Å². The number of carbonyl (C=O) groups excluding carboxylic acids is 1. The summed E-state index contributed by atoms with van der Waals surface area (Å²) in [7, 11) is 0. The highest BCUT2D eigenvalue weighted by Crippen LogP contribution is 2.08. The van der Waals surface area contributed by atoms with E-state index < -0.39 is 0 Å². The lowest BCUT2D eigenvalue weighted by atomic mass is 10.2. The van der Waals surface area contributed by atoms with Crippen molar-refractivity contribution in [1.82, 2.24) is 10.1 Å². The van der Waals surface area contributed by atoms with E-state index >= 15 is 0 Å². The first-order valence-electron chi connectivity index (χ1n) is 6.20. The predicted octanol–water partition coefficient (Wildman–Crippen LogP) is 1.03. The van der Waals surface area contributed by atoms with Crippen LogP contribution in [-0.2, 0) is 9.53 Å². The molecular formula is C12H19N3O3.